The molecule has 0 aliphatic rings. The van der Waals surface area contributed by atoms with Crippen LogP contribution < -0.4 is 0 Å². The fraction of sp³-hybridized carbons (Fsp3) is 0. The van der Waals surface area contributed by atoms with Crippen LogP contribution in [0.4, 0.5) is 0 Å². The molecule has 4 rings (SSSR count). The Labute approximate surface area is 97.1 Å². The predicted molar refractivity (Wildman–Crippen MR) is 67.7 cm³/mol. The maximum Gasteiger partial charge on any atom is 0.174 e. The van der Waals surface area contributed by atoms with E-state index in [9.17, 15) is 0 Å². The van der Waals surface area contributed by atoms with Gasteiger partial charge in [-0.25, -0.2) is 4.98 Å². The minimum atomic E-state index is 0.959. The molecular weight excluding hydrogens is 210 g/mol. The van der Waals surface area contributed by atoms with Crippen molar-refractivity contribution in [2.75, 3.05) is 0 Å². The molecule has 0 bridgehead atoms. The van der Waals surface area contributed by atoms with Gasteiger partial charge in [-0.15, -0.1) is 0 Å². The highest BCUT2D eigenvalue weighted by Gasteiger charge is 2.09. The summed E-state index contributed by atoms with van der Waals surface area (Å²) in [5, 5.41) is 4.61. The van der Waals surface area contributed by atoms with E-state index in [1.807, 2.05) is 24.4 Å². The molecule has 0 spiro atoms. The molecule has 1 radical (unpaired) electrons. The van der Waals surface area contributed by atoms with Crippen LogP contribution in [0.1, 0.15) is 0 Å². The van der Waals surface area contributed by atoms with Crippen molar-refractivity contribution in [3.63, 3.8) is 0 Å². The van der Waals surface area contributed by atoms with Gasteiger partial charge < -0.3 is 4.98 Å². The van der Waals surface area contributed by atoms with Crippen LogP contribution >= 0.6 is 0 Å². The topological polar surface area (TPSA) is 41.6 Å². The van der Waals surface area contributed by atoms with E-state index in [4.69, 9.17) is 0 Å². The van der Waals surface area contributed by atoms with Gasteiger partial charge in [-0.2, -0.15) is 0 Å². The molecular formula is C14H8N3. The highest BCUT2D eigenvalue weighted by Crippen LogP contribution is 2.31. The van der Waals surface area contributed by atoms with E-state index in [0.717, 1.165) is 27.2 Å². The molecule has 0 aliphatic carbocycles. The quantitative estimate of drug-likeness (QED) is 0.461. The maximum atomic E-state index is 4.29. The number of pyridine rings is 1. The third-order valence-electron chi connectivity index (χ3n) is 3.15. The standard InChI is InChI=1S/C14H8N3/c1-2-4-10-9(3-1)12-7-15-6-5-11(12)14-13(10)16-8-17-14/h1-7H,(H,16,17). The fourth-order valence-corrected chi connectivity index (χ4v) is 2.40. The number of hydrogen-bond donors (Lipinski definition) is 1. The summed E-state index contributed by atoms with van der Waals surface area (Å²) in [4.78, 5) is 11.6. The molecule has 2 heterocycles. The average Bonchev–Trinajstić information content (AvgIpc) is 2.89. The van der Waals surface area contributed by atoms with E-state index < -0.39 is 0 Å². The van der Waals surface area contributed by atoms with E-state index in [0.29, 0.717) is 0 Å². The second kappa shape index (κ2) is 3.04. The van der Waals surface area contributed by atoms with Crippen molar-refractivity contribution >= 4 is 32.6 Å². The van der Waals surface area contributed by atoms with Gasteiger partial charge in [-0.3, -0.25) is 4.98 Å². The van der Waals surface area contributed by atoms with Crippen LogP contribution in [0.3, 0.4) is 0 Å². The first-order valence-corrected chi connectivity index (χ1v) is 5.45. The number of nitrogens with zero attached hydrogens (tertiary/aromatic N) is 2. The van der Waals surface area contributed by atoms with E-state index in [1.165, 1.54) is 5.39 Å². The van der Waals surface area contributed by atoms with Gasteiger partial charge >= 0.3 is 0 Å². The van der Waals surface area contributed by atoms with Gasteiger partial charge in [0.2, 0.25) is 0 Å². The van der Waals surface area contributed by atoms with Crippen LogP contribution in [0, 0.1) is 6.33 Å². The maximum absolute atomic E-state index is 4.29. The van der Waals surface area contributed by atoms with Gasteiger partial charge in [-0.1, -0.05) is 24.3 Å². The zero-order valence-electron chi connectivity index (χ0n) is 8.94. The van der Waals surface area contributed by atoms with Crippen LogP contribution in [0.5, 0.6) is 0 Å². The second-order valence-corrected chi connectivity index (χ2v) is 4.04. The number of nitrogens with one attached hydrogen (secondary N) is 1. The number of fused-ring (bicyclic) bond motifs is 6. The van der Waals surface area contributed by atoms with E-state index >= 15 is 0 Å². The molecule has 3 heteroatoms. The molecule has 0 unspecified atom stereocenters. The minimum Gasteiger partial charge on any atom is -0.335 e. The Hall–Kier alpha value is -2.42. The summed E-state index contributed by atoms with van der Waals surface area (Å²) >= 11 is 0. The highest BCUT2D eigenvalue weighted by molar-refractivity contribution is 6.22. The first-order valence-electron chi connectivity index (χ1n) is 5.45. The van der Waals surface area contributed by atoms with Crippen molar-refractivity contribution in [2.24, 2.45) is 0 Å². The third kappa shape index (κ3) is 1.05. The Kier molecular flexibility index (Phi) is 1.56. The number of aromatic nitrogens is 3. The Morgan fingerprint density at radius 1 is 0.941 bits per heavy atom. The summed E-state index contributed by atoms with van der Waals surface area (Å²) in [5.41, 5.74) is 2.00. The Morgan fingerprint density at radius 3 is 2.76 bits per heavy atom. The van der Waals surface area contributed by atoms with Crippen molar-refractivity contribution in [1.82, 2.24) is 15.0 Å². The van der Waals surface area contributed by atoms with Gasteiger partial charge in [0.25, 0.3) is 0 Å². The van der Waals surface area contributed by atoms with E-state index in [-0.39, 0.29) is 0 Å². The summed E-state index contributed by atoms with van der Waals surface area (Å²) in [6.45, 7) is 0. The molecule has 2 aromatic carbocycles. The number of rotatable bonds is 0. The SMILES string of the molecule is [c]1nc2c3ccncc3c3ccccc3c2[nH]1. The van der Waals surface area contributed by atoms with Crippen molar-refractivity contribution in [1.29, 1.82) is 0 Å². The number of aromatic amines is 1. The van der Waals surface area contributed by atoms with Gasteiger partial charge in [0.1, 0.15) is 0 Å². The summed E-state index contributed by atoms with van der Waals surface area (Å²) in [6, 6.07) is 10.3. The van der Waals surface area contributed by atoms with Gasteiger partial charge in [0.15, 0.2) is 6.33 Å². The first kappa shape index (κ1) is 8.70. The van der Waals surface area contributed by atoms with E-state index in [1.54, 1.807) is 6.20 Å². The van der Waals surface area contributed by atoms with Crippen LogP contribution in [0.25, 0.3) is 32.6 Å². The summed E-state index contributed by atoms with van der Waals surface area (Å²) in [5.74, 6) is 0. The minimum absolute atomic E-state index is 0.959. The second-order valence-electron chi connectivity index (χ2n) is 4.04. The highest BCUT2D eigenvalue weighted by atomic mass is 14.9. The van der Waals surface area contributed by atoms with Crippen LogP contribution in [-0.2, 0) is 0 Å². The van der Waals surface area contributed by atoms with Crippen LogP contribution in [0.2, 0.25) is 0 Å². The molecule has 0 saturated heterocycles. The summed E-state index contributed by atoms with van der Waals surface area (Å²) in [6.07, 6.45) is 6.52. The molecule has 1 N–H and O–H groups in total. The molecule has 17 heavy (non-hydrogen) atoms. The number of benzene rings is 2. The van der Waals surface area contributed by atoms with Crippen molar-refractivity contribution < 1.29 is 0 Å². The molecule has 79 valence electrons. The molecule has 2 aromatic heterocycles. The number of hydrogen-bond acceptors (Lipinski definition) is 2. The Bertz CT molecular complexity index is 776. The van der Waals surface area contributed by atoms with Gasteiger partial charge in [0, 0.05) is 28.6 Å². The molecule has 0 aliphatic heterocycles. The number of H-pyrrole nitrogens is 1. The van der Waals surface area contributed by atoms with Crippen LogP contribution in [0.15, 0.2) is 42.7 Å². The largest absolute Gasteiger partial charge is 0.335 e. The molecule has 0 atom stereocenters. The molecule has 0 fully saturated rings. The zero-order valence-corrected chi connectivity index (χ0v) is 8.94. The summed E-state index contributed by atoms with van der Waals surface area (Å²) < 4.78 is 0. The number of imidazole rings is 1. The predicted octanol–water partition coefficient (Wildman–Crippen LogP) is 3.06. The van der Waals surface area contributed by atoms with Crippen molar-refractivity contribution in [2.45, 2.75) is 0 Å². The smallest absolute Gasteiger partial charge is 0.174 e. The lowest BCUT2D eigenvalue weighted by atomic mass is 10.0. The lowest BCUT2D eigenvalue weighted by molar-refractivity contribution is 1.32. The Balaban J connectivity index is 2.48. The van der Waals surface area contributed by atoms with Crippen LogP contribution in [-0.4, -0.2) is 15.0 Å². The van der Waals surface area contributed by atoms with Gasteiger partial charge in [0.05, 0.1) is 11.0 Å². The normalized spacial score (nSPS) is 11.5. The average molecular weight is 218 g/mol. The first-order chi connectivity index (χ1) is 8.45. The summed E-state index contributed by atoms with van der Waals surface area (Å²) in [7, 11) is 0. The van der Waals surface area contributed by atoms with E-state index in [2.05, 4.69) is 33.4 Å². The monoisotopic (exact) mass is 218 g/mol. The van der Waals surface area contributed by atoms with Crippen molar-refractivity contribution in [3.05, 3.63) is 49.1 Å². The molecule has 0 saturated carbocycles. The molecule has 0 amide bonds. The molecule has 4 aromatic rings. The molecule has 3 nitrogen and oxygen atoms in total. The Morgan fingerprint density at radius 2 is 1.82 bits per heavy atom. The lowest BCUT2D eigenvalue weighted by Crippen LogP contribution is -1.82. The van der Waals surface area contributed by atoms with Crippen molar-refractivity contribution in [3.8, 4) is 0 Å². The van der Waals surface area contributed by atoms with Gasteiger partial charge in [-0.05, 0) is 11.5 Å². The zero-order chi connectivity index (χ0) is 11.2. The lowest BCUT2D eigenvalue weighted by Gasteiger charge is -2.04. The third-order valence-corrected chi connectivity index (χ3v) is 3.15. The fourth-order valence-electron chi connectivity index (χ4n) is 2.40.